The number of hydrogen-bond donors (Lipinski definition) is 0. The molecule has 0 N–H and O–H groups in total. The van der Waals surface area contributed by atoms with Crippen molar-refractivity contribution in [2.75, 3.05) is 18.4 Å². The second-order valence-corrected chi connectivity index (χ2v) is 5.84. The molecule has 1 heterocycles. The summed E-state index contributed by atoms with van der Waals surface area (Å²) < 4.78 is 5.74. The van der Waals surface area contributed by atoms with Crippen LogP contribution in [-0.2, 0) is 16.0 Å². The Morgan fingerprint density at radius 3 is 2.95 bits per heavy atom. The molecule has 1 aromatic rings. The lowest BCUT2D eigenvalue weighted by atomic mass is 10.1. The topological polar surface area (TPSA) is 29.5 Å². The number of nitrogens with zero attached hydrogens (tertiary/aromatic N) is 1. The molecule has 2 rings (SSSR count). The molecule has 104 valence electrons. The maximum Gasteiger partial charge on any atom is 0.227 e. The summed E-state index contributed by atoms with van der Waals surface area (Å²) in [4.78, 5) is 14.3. The predicted octanol–water partition coefficient (Wildman–Crippen LogP) is 2.55. The molecule has 4 heteroatoms. The standard InChI is InChI=1S/C15H20BrNO2/c1-11-4-3-5-13(6-11)7-15(18)17-9-12(2)19-14(8-16)10-17/h3-6,12,14H,7-10H2,1-2H3. The van der Waals surface area contributed by atoms with Crippen molar-refractivity contribution in [3.8, 4) is 0 Å². The van der Waals surface area contributed by atoms with E-state index in [0.29, 0.717) is 19.5 Å². The fraction of sp³-hybridized carbons (Fsp3) is 0.533. The maximum absolute atomic E-state index is 12.3. The first-order chi connectivity index (χ1) is 9.08. The van der Waals surface area contributed by atoms with Crippen molar-refractivity contribution in [3.05, 3.63) is 35.4 Å². The van der Waals surface area contributed by atoms with Crippen LogP contribution in [-0.4, -0.2) is 41.4 Å². The van der Waals surface area contributed by atoms with Gasteiger partial charge in [0.1, 0.15) is 0 Å². The van der Waals surface area contributed by atoms with Gasteiger partial charge in [-0.15, -0.1) is 0 Å². The predicted molar refractivity (Wildman–Crippen MR) is 79.6 cm³/mol. The molecular formula is C15H20BrNO2. The highest BCUT2D eigenvalue weighted by molar-refractivity contribution is 9.09. The second-order valence-electron chi connectivity index (χ2n) is 5.19. The van der Waals surface area contributed by atoms with Gasteiger partial charge in [0.05, 0.1) is 18.6 Å². The number of hydrogen-bond acceptors (Lipinski definition) is 2. The fourth-order valence-electron chi connectivity index (χ4n) is 2.44. The van der Waals surface area contributed by atoms with Gasteiger partial charge in [-0.05, 0) is 19.4 Å². The van der Waals surface area contributed by atoms with Crippen molar-refractivity contribution < 1.29 is 9.53 Å². The minimum atomic E-state index is 0.102. The Morgan fingerprint density at radius 1 is 1.47 bits per heavy atom. The molecule has 0 aliphatic carbocycles. The third-order valence-corrected chi connectivity index (χ3v) is 4.01. The number of alkyl halides is 1. The number of benzene rings is 1. The largest absolute Gasteiger partial charge is 0.371 e. The minimum Gasteiger partial charge on any atom is -0.371 e. The van der Waals surface area contributed by atoms with Gasteiger partial charge in [0.2, 0.25) is 5.91 Å². The molecule has 2 atom stereocenters. The van der Waals surface area contributed by atoms with Crippen LogP contribution in [0, 0.1) is 6.92 Å². The zero-order chi connectivity index (χ0) is 13.8. The number of halogens is 1. The minimum absolute atomic E-state index is 0.102. The summed E-state index contributed by atoms with van der Waals surface area (Å²) in [7, 11) is 0. The Morgan fingerprint density at radius 2 is 2.26 bits per heavy atom. The van der Waals surface area contributed by atoms with Gasteiger partial charge < -0.3 is 9.64 Å². The Kier molecular flexibility index (Phi) is 4.99. The highest BCUT2D eigenvalue weighted by Gasteiger charge is 2.27. The van der Waals surface area contributed by atoms with Crippen LogP contribution in [0.3, 0.4) is 0 Å². The van der Waals surface area contributed by atoms with E-state index < -0.39 is 0 Å². The van der Waals surface area contributed by atoms with Crippen LogP contribution in [0.4, 0.5) is 0 Å². The summed E-state index contributed by atoms with van der Waals surface area (Å²) in [6.45, 7) is 5.43. The van der Waals surface area contributed by atoms with Gasteiger partial charge in [-0.3, -0.25) is 4.79 Å². The number of carbonyl (C=O) groups excluding carboxylic acids is 1. The van der Waals surface area contributed by atoms with Crippen molar-refractivity contribution in [2.45, 2.75) is 32.5 Å². The maximum atomic E-state index is 12.3. The average molecular weight is 326 g/mol. The van der Waals surface area contributed by atoms with E-state index in [9.17, 15) is 4.79 Å². The average Bonchev–Trinajstić information content (AvgIpc) is 2.38. The van der Waals surface area contributed by atoms with Crippen molar-refractivity contribution in [2.24, 2.45) is 0 Å². The molecular weight excluding hydrogens is 306 g/mol. The van der Waals surface area contributed by atoms with Gasteiger partial charge in [-0.1, -0.05) is 45.8 Å². The summed E-state index contributed by atoms with van der Waals surface area (Å²) in [5.74, 6) is 0.187. The van der Waals surface area contributed by atoms with E-state index in [2.05, 4.69) is 22.0 Å². The summed E-state index contributed by atoms with van der Waals surface area (Å²) in [5.41, 5.74) is 2.28. The van der Waals surface area contributed by atoms with Crippen LogP contribution < -0.4 is 0 Å². The van der Waals surface area contributed by atoms with Crippen LogP contribution >= 0.6 is 15.9 Å². The van der Waals surface area contributed by atoms with Gasteiger partial charge in [0, 0.05) is 18.4 Å². The van der Waals surface area contributed by atoms with Crippen LogP contribution in [0.5, 0.6) is 0 Å². The van der Waals surface area contributed by atoms with E-state index in [1.165, 1.54) is 5.56 Å². The summed E-state index contributed by atoms with van der Waals surface area (Å²) >= 11 is 3.43. The Balaban J connectivity index is 1.99. The monoisotopic (exact) mass is 325 g/mol. The van der Waals surface area contributed by atoms with Crippen LogP contribution in [0.2, 0.25) is 0 Å². The molecule has 0 bridgehead atoms. The molecule has 1 aromatic carbocycles. The number of ether oxygens (including phenoxy) is 1. The van der Waals surface area contributed by atoms with Gasteiger partial charge in [-0.2, -0.15) is 0 Å². The third-order valence-electron chi connectivity index (χ3n) is 3.29. The normalized spacial score (nSPS) is 23.4. The highest BCUT2D eigenvalue weighted by Crippen LogP contribution is 2.15. The highest BCUT2D eigenvalue weighted by atomic mass is 79.9. The zero-order valence-electron chi connectivity index (χ0n) is 11.4. The molecule has 1 saturated heterocycles. The summed E-state index contributed by atoms with van der Waals surface area (Å²) in [6.07, 6.45) is 0.687. The van der Waals surface area contributed by atoms with E-state index in [1.54, 1.807) is 0 Å². The third kappa shape index (κ3) is 4.05. The van der Waals surface area contributed by atoms with E-state index >= 15 is 0 Å². The van der Waals surface area contributed by atoms with Gasteiger partial charge >= 0.3 is 0 Å². The lowest BCUT2D eigenvalue weighted by Gasteiger charge is -2.36. The quantitative estimate of drug-likeness (QED) is 0.799. The molecule has 1 amide bonds. The molecule has 0 saturated carbocycles. The molecule has 1 fully saturated rings. The number of morpholine rings is 1. The number of rotatable bonds is 3. The number of aryl methyl sites for hydroxylation is 1. The van der Waals surface area contributed by atoms with E-state index in [1.807, 2.05) is 36.9 Å². The lowest BCUT2D eigenvalue weighted by Crippen LogP contribution is -2.50. The van der Waals surface area contributed by atoms with Crippen LogP contribution in [0.15, 0.2) is 24.3 Å². The van der Waals surface area contributed by atoms with Crippen molar-refractivity contribution >= 4 is 21.8 Å². The first-order valence-corrected chi connectivity index (χ1v) is 7.75. The Hall–Kier alpha value is -0.870. The summed E-state index contributed by atoms with van der Waals surface area (Å²) in [6, 6.07) is 8.13. The van der Waals surface area contributed by atoms with Gasteiger partial charge in [0.25, 0.3) is 0 Å². The molecule has 2 unspecified atom stereocenters. The molecule has 1 aliphatic rings. The molecule has 0 radical (unpaired) electrons. The van der Waals surface area contributed by atoms with Crippen molar-refractivity contribution in [3.63, 3.8) is 0 Å². The summed E-state index contributed by atoms with van der Waals surface area (Å²) in [5, 5.41) is 0.769. The molecule has 1 aliphatic heterocycles. The number of carbonyl (C=O) groups is 1. The van der Waals surface area contributed by atoms with Crippen LogP contribution in [0.1, 0.15) is 18.1 Å². The van der Waals surface area contributed by atoms with Gasteiger partial charge in [0.15, 0.2) is 0 Å². The Bertz CT molecular complexity index is 450. The SMILES string of the molecule is Cc1cccc(CC(=O)N2CC(C)OC(CBr)C2)c1. The Labute approximate surface area is 123 Å². The molecule has 0 spiro atoms. The molecule has 3 nitrogen and oxygen atoms in total. The van der Waals surface area contributed by atoms with Crippen molar-refractivity contribution in [1.29, 1.82) is 0 Å². The first kappa shape index (κ1) is 14.5. The molecule has 0 aromatic heterocycles. The lowest BCUT2D eigenvalue weighted by molar-refractivity contribution is -0.142. The van der Waals surface area contributed by atoms with Gasteiger partial charge in [-0.25, -0.2) is 0 Å². The van der Waals surface area contributed by atoms with Crippen molar-refractivity contribution in [1.82, 2.24) is 4.90 Å². The van der Waals surface area contributed by atoms with E-state index in [0.717, 1.165) is 10.9 Å². The smallest absolute Gasteiger partial charge is 0.227 e. The first-order valence-electron chi connectivity index (χ1n) is 6.63. The zero-order valence-corrected chi connectivity index (χ0v) is 13.0. The fourth-order valence-corrected chi connectivity index (χ4v) is 2.80. The molecule has 19 heavy (non-hydrogen) atoms. The number of amides is 1. The van der Waals surface area contributed by atoms with E-state index in [4.69, 9.17) is 4.74 Å². The van der Waals surface area contributed by atoms with E-state index in [-0.39, 0.29) is 18.1 Å². The van der Waals surface area contributed by atoms with Crippen LogP contribution in [0.25, 0.3) is 0 Å². The second kappa shape index (κ2) is 6.53.